The van der Waals surface area contributed by atoms with E-state index < -0.39 is 27.8 Å². The van der Waals surface area contributed by atoms with Crippen LogP contribution in [-0.4, -0.2) is 32.7 Å². The first kappa shape index (κ1) is 26.9. The van der Waals surface area contributed by atoms with Gasteiger partial charge in [0.15, 0.2) is 9.84 Å². The number of sulfone groups is 1. The fourth-order valence-electron chi connectivity index (χ4n) is 3.93. The fraction of sp³-hybridized carbons (Fsp3) is 0.103. The number of halogens is 1. The lowest BCUT2D eigenvalue weighted by Gasteiger charge is -2.19. The molecule has 0 radical (unpaired) electrons. The average molecular weight is 548 g/mol. The fourth-order valence-corrected chi connectivity index (χ4v) is 5.02. The number of para-hydroxylation sites is 1. The number of nitrogens with one attached hydrogen (secondary N) is 3. The summed E-state index contributed by atoms with van der Waals surface area (Å²) in [7, 11) is -3.41. The molecule has 0 bridgehead atoms. The van der Waals surface area contributed by atoms with Gasteiger partial charge >= 0.3 is 6.03 Å². The average Bonchev–Trinajstić information content (AvgIpc) is 2.90. The van der Waals surface area contributed by atoms with Crippen molar-refractivity contribution >= 4 is 44.8 Å². The molecule has 4 aromatic carbocycles. The molecule has 38 heavy (non-hydrogen) atoms. The Hall–Kier alpha value is -4.14. The largest absolute Gasteiger partial charge is 0.326 e. The molecule has 0 saturated heterocycles. The predicted octanol–water partition coefficient (Wildman–Crippen LogP) is 5.78. The van der Waals surface area contributed by atoms with E-state index in [-0.39, 0.29) is 11.3 Å². The molecule has 0 aliphatic heterocycles. The molecule has 194 valence electrons. The highest BCUT2D eigenvalue weighted by molar-refractivity contribution is 7.90. The highest BCUT2D eigenvalue weighted by atomic mass is 35.5. The van der Waals surface area contributed by atoms with E-state index in [4.69, 9.17) is 11.6 Å². The van der Waals surface area contributed by atoms with Crippen LogP contribution in [0.25, 0.3) is 11.1 Å². The van der Waals surface area contributed by atoms with E-state index in [1.165, 1.54) is 6.26 Å². The van der Waals surface area contributed by atoms with Crippen molar-refractivity contribution in [2.24, 2.45) is 0 Å². The summed E-state index contributed by atoms with van der Waals surface area (Å²) in [6.07, 6.45) is 1.44. The molecule has 4 rings (SSSR count). The molecule has 0 fully saturated rings. The summed E-state index contributed by atoms with van der Waals surface area (Å²) < 4.78 is 24.4. The Morgan fingerprint density at radius 3 is 2.11 bits per heavy atom. The van der Waals surface area contributed by atoms with Gasteiger partial charge < -0.3 is 16.0 Å². The molecule has 1 unspecified atom stereocenters. The molecule has 0 aliphatic rings. The minimum atomic E-state index is -3.41. The smallest absolute Gasteiger partial charge is 0.319 e. The van der Waals surface area contributed by atoms with E-state index in [1.807, 2.05) is 30.3 Å². The first-order valence-electron chi connectivity index (χ1n) is 11.8. The van der Waals surface area contributed by atoms with Crippen LogP contribution in [0.4, 0.5) is 16.2 Å². The maximum Gasteiger partial charge on any atom is 0.319 e. The number of carbonyl (C=O) groups is 2. The summed E-state index contributed by atoms with van der Waals surface area (Å²) in [5, 5.41) is 8.63. The van der Waals surface area contributed by atoms with Crippen molar-refractivity contribution in [2.45, 2.75) is 17.4 Å². The topological polar surface area (TPSA) is 104 Å². The highest BCUT2D eigenvalue weighted by Gasteiger charge is 2.22. The molecule has 0 aliphatic carbocycles. The Morgan fingerprint density at radius 2 is 1.42 bits per heavy atom. The number of benzene rings is 4. The maximum absolute atomic E-state index is 13.3. The minimum Gasteiger partial charge on any atom is -0.326 e. The monoisotopic (exact) mass is 547 g/mol. The van der Waals surface area contributed by atoms with E-state index >= 15 is 0 Å². The van der Waals surface area contributed by atoms with Gasteiger partial charge in [0.05, 0.1) is 15.6 Å². The van der Waals surface area contributed by atoms with Crippen molar-refractivity contribution < 1.29 is 18.0 Å². The zero-order chi connectivity index (χ0) is 27.1. The van der Waals surface area contributed by atoms with E-state index in [1.54, 1.807) is 72.8 Å². The second-order valence-electron chi connectivity index (χ2n) is 8.66. The minimum absolute atomic E-state index is 0.230. The normalized spacial score (nSPS) is 11.8. The van der Waals surface area contributed by atoms with Gasteiger partial charge in [-0.25, -0.2) is 13.2 Å². The van der Waals surface area contributed by atoms with Crippen LogP contribution in [0.2, 0.25) is 5.02 Å². The number of anilines is 2. The number of rotatable bonds is 8. The number of urea groups is 1. The Kier molecular flexibility index (Phi) is 8.45. The van der Waals surface area contributed by atoms with Crippen LogP contribution < -0.4 is 16.0 Å². The van der Waals surface area contributed by atoms with E-state index in [0.29, 0.717) is 27.5 Å². The Balaban J connectivity index is 1.51. The molecule has 4 aromatic rings. The third-order valence-corrected chi connectivity index (χ3v) is 7.26. The van der Waals surface area contributed by atoms with Gasteiger partial charge in [-0.1, -0.05) is 84.4 Å². The van der Waals surface area contributed by atoms with Gasteiger partial charge in [-0.2, -0.15) is 0 Å². The Bertz CT molecular complexity index is 1540. The maximum atomic E-state index is 13.3. The molecular formula is C29H26ClN3O4S. The summed E-state index contributed by atoms with van der Waals surface area (Å²) in [6.45, 7) is 0. The van der Waals surface area contributed by atoms with Crippen LogP contribution in [-0.2, 0) is 21.1 Å². The summed E-state index contributed by atoms with van der Waals surface area (Å²) >= 11 is 6.14. The molecule has 0 spiro atoms. The lowest BCUT2D eigenvalue weighted by Crippen LogP contribution is -2.47. The van der Waals surface area contributed by atoms with Crippen LogP contribution in [0.1, 0.15) is 5.56 Å². The molecule has 9 heteroatoms. The van der Waals surface area contributed by atoms with Gasteiger partial charge in [0, 0.05) is 23.9 Å². The summed E-state index contributed by atoms with van der Waals surface area (Å²) in [4.78, 5) is 26.2. The van der Waals surface area contributed by atoms with Crippen LogP contribution >= 0.6 is 11.6 Å². The summed E-state index contributed by atoms with van der Waals surface area (Å²) in [5.74, 6) is -0.410. The molecule has 3 N–H and O–H groups in total. The Labute approximate surface area is 226 Å². The Morgan fingerprint density at radius 1 is 0.789 bits per heavy atom. The summed E-state index contributed by atoms with van der Waals surface area (Å²) in [5.41, 5.74) is 3.07. The highest BCUT2D eigenvalue weighted by Crippen LogP contribution is 2.28. The lowest BCUT2D eigenvalue weighted by molar-refractivity contribution is -0.117. The number of hydrogen-bond donors (Lipinski definition) is 3. The van der Waals surface area contributed by atoms with Crippen LogP contribution in [0.15, 0.2) is 108 Å². The van der Waals surface area contributed by atoms with Crippen LogP contribution in [0.5, 0.6) is 0 Å². The zero-order valence-corrected chi connectivity index (χ0v) is 22.1. The van der Waals surface area contributed by atoms with Gasteiger partial charge in [-0.3, -0.25) is 4.79 Å². The third-order valence-electron chi connectivity index (χ3n) is 5.78. The number of hydrogen-bond acceptors (Lipinski definition) is 4. The summed E-state index contributed by atoms with van der Waals surface area (Å²) in [6, 6.07) is 28.3. The quantitative estimate of drug-likeness (QED) is 0.260. The lowest BCUT2D eigenvalue weighted by atomic mass is 10.0. The molecule has 7 nitrogen and oxygen atoms in total. The van der Waals surface area contributed by atoms with Crippen molar-refractivity contribution in [1.82, 2.24) is 5.32 Å². The van der Waals surface area contributed by atoms with Crippen molar-refractivity contribution in [3.63, 3.8) is 0 Å². The van der Waals surface area contributed by atoms with Crippen LogP contribution in [0, 0.1) is 0 Å². The molecule has 0 saturated carbocycles. The molecule has 0 aromatic heterocycles. The van der Waals surface area contributed by atoms with E-state index in [9.17, 15) is 18.0 Å². The van der Waals surface area contributed by atoms with Gasteiger partial charge in [0.1, 0.15) is 6.04 Å². The second-order valence-corrected chi connectivity index (χ2v) is 11.0. The van der Waals surface area contributed by atoms with Gasteiger partial charge in [-0.05, 0) is 41.5 Å². The third kappa shape index (κ3) is 7.00. The molecule has 3 amide bonds. The second kappa shape index (κ2) is 11.9. The van der Waals surface area contributed by atoms with E-state index in [0.717, 1.165) is 5.56 Å². The molecule has 0 heterocycles. The van der Waals surface area contributed by atoms with Crippen molar-refractivity contribution in [3.05, 3.63) is 114 Å². The van der Waals surface area contributed by atoms with Gasteiger partial charge in [0.2, 0.25) is 5.91 Å². The number of carbonyl (C=O) groups excluding carboxylic acids is 2. The van der Waals surface area contributed by atoms with Crippen molar-refractivity contribution in [1.29, 1.82) is 0 Å². The van der Waals surface area contributed by atoms with Crippen LogP contribution in [0.3, 0.4) is 0 Å². The van der Waals surface area contributed by atoms with E-state index in [2.05, 4.69) is 16.0 Å². The number of amides is 3. The van der Waals surface area contributed by atoms with Gasteiger partial charge in [-0.15, -0.1) is 0 Å². The van der Waals surface area contributed by atoms with Crippen molar-refractivity contribution in [3.8, 4) is 11.1 Å². The SMILES string of the molecule is CS(=O)(=O)c1ccccc1-c1ccc(NC(=O)C(Cc2ccccc2)NC(=O)Nc2ccccc2Cl)cc1. The first-order chi connectivity index (χ1) is 18.2. The van der Waals surface area contributed by atoms with Crippen molar-refractivity contribution in [2.75, 3.05) is 16.9 Å². The zero-order valence-electron chi connectivity index (χ0n) is 20.5. The first-order valence-corrected chi connectivity index (χ1v) is 14.0. The molecule has 1 atom stereocenters. The molecular weight excluding hydrogens is 522 g/mol. The standard InChI is InChI=1S/C29H26ClN3O4S/c1-38(36,37)27-14-8-5-11-23(27)21-15-17-22(18-16-21)31-28(34)26(19-20-9-3-2-4-10-20)33-29(35)32-25-13-7-6-12-24(25)30/h2-18,26H,19H2,1H3,(H,31,34)(H2,32,33,35). The van der Waals surface area contributed by atoms with Gasteiger partial charge in [0.25, 0.3) is 0 Å². The predicted molar refractivity (Wildman–Crippen MR) is 151 cm³/mol.